The molecule has 11 heteroatoms. The molecule has 0 amide bonds. The molecule has 3 N–H and O–H groups in total. The topological polar surface area (TPSA) is 148 Å². The first-order valence-electron chi connectivity index (χ1n) is 5.73. The maximum absolute atomic E-state index is 12.3. The molecule has 9 nitrogen and oxygen atoms in total. The zero-order valence-corrected chi connectivity index (χ0v) is 12.9. The number of aryl methyl sites for hydroxylation is 1. The molecule has 1 aromatic carbocycles. The van der Waals surface area contributed by atoms with E-state index in [2.05, 4.69) is 9.82 Å². The first-order chi connectivity index (χ1) is 10.1. The average Bonchev–Trinajstić information content (AvgIpc) is 2.77. The number of anilines is 1. The van der Waals surface area contributed by atoms with E-state index in [0.29, 0.717) is 0 Å². The molecule has 22 heavy (non-hydrogen) atoms. The SMILES string of the molecule is Cn1cc(C#N)c(NS(=O)(=O)c2cccc(S(N)(=O)=O)c2)n1. The van der Waals surface area contributed by atoms with Crippen LogP contribution in [0.2, 0.25) is 0 Å². The van der Waals surface area contributed by atoms with Crippen molar-refractivity contribution in [3.8, 4) is 6.07 Å². The number of rotatable bonds is 4. The van der Waals surface area contributed by atoms with Crippen LogP contribution in [0.3, 0.4) is 0 Å². The Morgan fingerprint density at radius 3 is 2.50 bits per heavy atom. The van der Waals surface area contributed by atoms with Gasteiger partial charge in [0.2, 0.25) is 10.0 Å². The van der Waals surface area contributed by atoms with Crippen molar-refractivity contribution in [2.45, 2.75) is 9.79 Å². The third kappa shape index (κ3) is 3.25. The molecular weight excluding hydrogens is 330 g/mol. The molecule has 116 valence electrons. The standard InChI is InChI=1S/C11H11N5O4S2/c1-16-7-8(6-12)11(14-16)15-22(19,20)10-4-2-3-9(5-10)21(13,17)18/h2-5,7H,1H3,(H,14,15)(H2,13,17,18). The number of hydrogen-bond acceptors (Lipinski definition) is 6. The van der Waals surface area contributed by atoms with Gasteiger partial charge in [-0.3, -0.25) is 9.40 Å². The van der Waals surface area contributed by atoms with Crippen molar-refractivity contribution in [3.63, 3.8) is 0 Å². The van der Waals surface area contributed by atoms with Crippen LogP contribution in [0.4, 0.5) is 5.82 Å². The predicted molar refractivity (Wildman–Crippen MR) is 76.5 cm³/mol. The van der Waals surface area contributed by atoms with Crippen LogP contribution in [0.25, 0.3) is 0 Å². The van der Waals surface area contributed by atoms with Gasteiger partial charge in [-0.15, -0.1) is 0 Å². The lowest BCUT2D eigenvalue weighted by molar-refractivity contribution is 0.597. The van der Waals surface area contributed by atoms with Crippen molar-refractivity contribution in [2.24, 2.45) is 12.2 Å². The summed E-state index contributed by atoms with van der Waals surface area (Å²) in [6.45, 7) is 0. The summed E-state index contributed by atoms with van der Waals surface area (Å²) in [5.41, 5.74) is 0.0358. The van der Waals surface area contributed by atoms with E-state index >= 15 is 0 Å². The van der Waals surface area contributed by atoms with Crippen LogP contribution in [0, 0.1) is 11.3 Å². The number of hydrogen-bond donors (Lipinski definition) is 2. The van der Waals surface area contributed by atoms with Crippen molar-refractivity contribution in [2.75, 3.05) is 4.72 Å². The molecule has 1 aromatic heterocycles. The third-order valence-corrected chi connectivity index (χ3v) is 4.87. The van der Waals surface area contributed by atoms with Crippen LogP contribution < -0.4 is 9.86 Å². The Morgan fingerprint density at radius 1 is 1.27 bits per heavy atom. The number of primary sulfonamides is 1. The van der Waals surface area contributed by atoms with Gasteiger partial charge < -0.3 is 0 Å². The lowest BCUT2D eigenvalue weighted by Crippen LogP contribution is -2.16. The molecule has 0 saturated heterocycles. The van der Waals surface area contributed by atoms with E-state index in [0.717, 1.165) is 6.07 Å². The first kappa shape index (κ1) is 16.0. The third-order valence-electron chi connectivity index (χ3n) is 2.62. The van der Waals surface area contributed by atoms with Gasteiger partial charge >= 0.3 is 0 Å². The van der Waals surface area contributed by atoms with Crippen LogP contribution in [0.15, 0.2) is 40.3 Å². The van der Waals surface area contributed by atoms with Gasteiger partial charge in [-0.25, -0.2) is 22.0 Å². The minimum atomic E-state index is -4.11. The van der Waals surface area contributed by atoms with E-state index in [1.165, 1.54) is 36.1 Å². The van der Waals surface area contributed by atoms with E-state index < -0.39 is 20.0 Å². The highest BCUT2D eigenvalue weighted by molar-refractivity contribution is 7.93. The van der Waals surface area contributed by atoms with Gasteiger partial charge in [0, 0.05) is 13.2 Å². The molecule has 0 fully saturated rings. The van der Waals surface area contributed by atoms with Crippen LogP contribution >= 0.6 is 0 Å². The molecule has 0 unspecified atom stereocenters. The van der Waals surface area contributed by atoms with Crippen molar-refractivity contribution in [1.82, 2.24) is 9.78 Å². The fourth-order valence-corrected chi connectivity index (χ4v) is 3.35. The Balaban J connectivity index is 2.46. The van der Waals surface area contributed by atoms with Crippen LogP contribution in [0.5, 0.6) is 0 Å². The van der Waals surface area contributed by atoms with E-state index in [9.17, 15) is 16.8 Å². The average molecular weight is 341 g/mol. The highest BCUT2D eigenvalue weighted by atomic mass is 32.2. The van der Waals surface area contributed by atoms with Gasteiger partial charge in [-0.1, -0.05) is 6.07 Å². The first-order valence-corrected chi connectivity index (χ1v) is 8.76. The second-order valence-electron chi connectivity index (χ2n) is 4.30. The van der Waals surface area contributed by atoms with Gasteiger partial charge in [0.05, 0.1) is 9.79 Å². The number of nitrogens with two attached hydrogens (primary N) is 1. The molecular formula is C11H11N5O4S2. The molecule has 0 aliphatic heterocycles. The Hall–Kier alpha value is -2.42. The molecule has 0 spiro atoms. The number of benzene rings is 1. The molecule has 0 aliphatic rings. The van der Waals surface area contributed by atoms with Crippen LogP contribution in [-0.2, 0) is 27.1 Å². The summed E-state index contributed by atoms with van der Waals surface area (Å²) in [6.07, 6.45) is 1.35. The number of nitriles is 1. The summed E-state index contributed by atoms with van der Waals surface area (Å²) < 4.78 is 50.5. The lowest BCUT2D eigenvalue weighted by atomic mass is 10.4. The maximum Gasteiger partial charge on any atom is 0.263 e. The second kappa shape index (κ2) is 5.41. The van der Waals surface area contributed by atoms with Crippen molar-refractivity contribution in [3.05, 3.63) is 36.0 Å². The fraction of sp³-hybridized carbons (Fsp3) is 0.0909. The second-order valence-corrected chi connectivity index (χ2v) is 7.55. The normalized spacial score (nSPS) is 11.9. The van der Waals surface area contributed by atoms with Gasteiger partial charge in [0.1, 0.15) is 11.6 Å². The van der Waals surface area contributed by atoms with E-state index in [-0.39, 0.29) is 21.2 Å². The summed E-state index contributed by atoms with van der Waals surface area (Å²) >= 11 is 0. The molecule has 0 saturated carbocycles. The Bertz CT molecular complexity index is 970. The number of nitrogens with one attached hydrogen (secondary N) is 1. The number of sulfonamides is 2. The smallest absolute Gasteiger partial charge is 0.263 e. The largest absolute Gasteiger partial charge is 0.272 e. The minimum Gasteiger partial charge on any atom is -0.272 e. The van der Waals surface area contributed by atoms with Gasteiger partial charge in [-0.05, 0) is 18.2 Å². The van der Waals surface area contributed by atoms with Crippen LogP contribution in [-0.4, -0.2) is 26.6 Å². The summed E-state index contributed by atoms with van der Waals surface area (Å²) in [6, 6.07) is 6.35. The van der Waals surface area contributed by atoms with E-state index in [1.54, 1.807) is 6.07 Å². The molecule has 2 rings (SSSR count). The summed E-state index contributed by atoms with van der Waals surface area (Å²) in [5, 5.41) is 17.7. The molecule has 1 heterocycles. The summed E-state index contributed by atoms with van der Waals surface area (Å²) in [7, 11) is -6.62. The molecule has 0 radical (unpaired) electrons. The van der Waals surface area contributed by atoms with Crippen molar-refractivity contribution in [1.29, 1.82) is 5.26 Å². The Labute approximate surface area is 127 Å². The molecule has 0 atom stereocenters. The Kier molecular flexibility index (Phi) is 3.92. The lowest BCUT2D eigenvalue weighted by Gasteiger charge is -2.07. The zero-order valence-electron chi connectivity index (χ0n) is 11.3. The van der Waals surface area contributed by atoms with Crippen molar-refractivity contribution < 1.29 is 16.8 Å². The van der Waals surface area contributed by atoms with E-state index in [4.69, 9.17) is 10.4 Å². The monoisotopic (exact) mass is 341 g/mol. The molecule has 2 aromatic rings. The zero-order chi connectivity index (χ0) is 16.5. The predicted octanol–water partition coefficient (Wildman–Crippen LogP) is -0.260. The Morgan fingerprint density at radius 2 is 1.91 bits per heavy atom. The number of aromatic nitrogens is 2. The van der Waals surface area contributed by atoms with E-state index in [1.807, 2.05) is 0 Å². The van der Waals surface area contributed by atoms with Crippen molar-refractivity contribution >= 4 is 25.9 Å². The highest BCUT2D eigenvalue weighted by Gasteiger charge is 2.20. The number of nitrogens with zero attached hydrogens (tertiary/aromatic N) is 3. The summed E-state index contributed by atoms with van der Waals surface area (Å²) in [4.78, 5) is -0.648. The quantitative estimate of drug-likeness (QED) is 0.782. The van der Waals surface area contributed by atoms with Gasteiger partial charge in [0.25, 0.3) is 10.0 Å². The highest BCUT2D eigenvalue weighted by Crippen LogP contribution is 2.19. The van der Waals surface area contributed by atoms with Gasteiger partial charge in [0.15, 0.2) is 5.82 Å². The van der Waals surface area contributed by atoms with Crippen LogP contribution in [0.1, 0.15) is 5.56 Å². The summed E-state index contributed by atoms with van der Waals surface area (Å²) in [5.74, 6) is -0.147. The maximum atomic E-state index is 12.3. The minimum absolute atomic E-state index is 0.0358. The molecule has 0 aliphatic carbocycles. The molecule has 0 bridgehead atoms. The fourth-order valence-electron chi connectivity index (χ4n) is 1.65. The van der Waals surface area contributed by atoms with Gasteiger partial charge in [-0.2, -0.15) is 10.4 Å².